The van der Waals surface area contributed by atoms with E-state index in [0.717, 1.165) is 19.5 Å². The molecule has 1 aromatic carbocycles. The molecule has 4 heterocycles. The molecule has 0 saturated carbocycles. The SMILES string of the molecule is O=C(c1cc(NC2CCS(=O)(=O)CC2)ncn1)N1CC[C@H](N2CCc3ccccc3C2)[C@@H](O)C1. The molecule has 10 heteroatoms. The van der Waals surface area contributed by atoms with Crippen LogP contribution in [-0.2, 0) is 22.8 Å². The molecule has 9 nitrogen and oxygen atoms in total. The summed E-state index contributed by atoms with van der Waals surface area (Å²) < 4.78 is 23.3. The minimum atomic E-state index is -2.94. The fourth-order valence-corrected chi connectivity index (χ4v) is 6.78. The predicted molar refractivity (Wildman–Crippen MR) is 128 cm³/mol. The van der Waals surface area contributed by atoms with Crippen molar-refractivity contribution >= 4 is 21.6 Å². The van der Waals surface area contributed by atoms with Crippen molar-refractivity contribution < 1.29 is 18.3 Å². The highest BCUT2D eigenvalue weighted by Crippen LogP contribution is 2.26. The third-order valence-electron chi connectivity index (χ3n) is 7.26. The number of amides is 1. The van der Waals surface area contributed by atoms with Crippen LogP contribution >= 0.6 is 0 Å². The number of hydrogen-bond acceptors (Lipinski definition) is 8. The number of sulfone groups is 1. The smallest absolute Gasteiger partial charge is 0.272 e. The van der Waals surface area contributed by atoms with E-state index in [1.165, 1.54) is 17.5 Å². The molecule has 0 aliphatic carbocycles. The van der Waals surface area contributed by atoms with E-state index in [1.807, 2.05) is 0 Å². The standard InChI is InChI=1S/C24H31N5O4S/c30-22-15-29(10-6-21(22)28-9-5-17-3-1-2-4-18(17)14-28)24(31)20-13-23(26-16-25-20)27-19-7-11-34(32,33)12-8-19/h1-4,13,16,19,21-22,30H,5-12,14-15H2,(H,25,26,27)/t21-,22-/m0/s1. The fraction of sp³-hybridized carbons (Fsp3) is 0.542. The zero-order valence-corrected chi connectivity index (χ0v) is 20.0. The normalized spacial score (nSPS) is 25.5. The minimum absolute atomic E-state index is 0.00798. The van der Waals surface area contributed by atoms with Crippen LogP contribution in [0.3, 0.4) is 0 Å². The lowest BCUT2D eigenvalue weighted by atomic mass is 9.94. The first-order valence-electron chi connectivity index (χ1n) is 12.0. The molecule has 0 radical (unpaired) electrons. The van der Waals surface area contributed by atoms with Crippen molar-refractivity contribution in [2.24, 2.45) is 0 Å². The molecule has 0 unspecified atom stereocenters. The monoisotopic (exact) mass is 485 g/mol. The summed E-state index contributed by atoms with van der Waals surface area (Å²) >= 11 is 0. The Morgan fingerprint density at radius 1 is 1.06 bits per heavy atom. The summed E-state index contributed by atoms with van der Waals surface area (Å²) in [5.41, 5.74) is 2.97. The van der Waals surface area contributed by atoms with Gasteiger partial charge < -0.3 is 15.3 Å². The largest absolute Gasteiger partial charge is 0.390 e. The molecule has 2 aromatic rings. The van der Waals surface area contributed by atoms with E-state index in [0.29, 0.717) is 31.6 Å². The van der Waals surface area contributed by atoms with Gasteiger partial charge in [-0.2, -0.15) is 0 Å². The van der Waals surface area contributed by atoms with Gasteiger partial charge in [-0.25, -0.2) is 18.4 Å². The van der Waals surface area contributed by atoms with Crippen molar-refractivity contribution in [1.29, 1.82) is 0 Å². The van der Waals surface area contributed by atoms with Crippen molar-refractivity contribution in [2.45, 2.75) is 50.4 Å². The zero-order valence-electron chi connectivity index (χ0n) is 19.1. The van der Waals surface area contributed by atoms with Gasteiger partial charge in [0.25, 0.3) is 5.91 Å². The average molecular weight is 486 g/mol. The summed E-state index contributed by atoms with van der Waals surface area (Å²) in [6.45, 7) is 2.58. The highest BCUT2D eigenvalue weighted by Gasteiger charge is 2.35. The van der Waals surface area contributed by atoms with Gasteiger partial charge in [-0.05, 0) is 36.8 Å². The number of carbonyl (C=O) groups excluding carboxylic acids is 1. The van der Waals surface area contributed by atoms with Gasteiger partial charge >= 0.3 is 0 Å². The first kappa shape index (κ1) is 23.2. The number of piperidine rings is 1. The van der Waals surface area contributed by atoms with E-state index in [1.54, 1.807) is 11.0 Å². The molecule has 2 N–H and O–H groups in total. The van der Waals surface area contributed by atoms with Crippen LogP contribution in [0.15, 0.2) is 36.7 Å². The molecule has 0 spiro atoms. The molecule has 2 saturated heterocycles. The zero-order chi connectivity index (χ0) is 23.7. The van der Waals surface area contributed by atoms with Crippen molar-refractivity contribution in [3.05, 3.63) is 53.5 Å². The van der Waals surface area contributed by atoms with Crippen molar-refractivity contribution in [3.8, 4) is 0 Å². The number of anilines is 1. The number of aromatic nitrogens is 2. The molecule has 2 fully saturated rings. The average Bonchev–Trinajstić information content (AvgIpc) is 2.85. The molecule has 3 aliphatic heterocycles. The summed E-state index contributed by atoms with van der Waals surface area (Å²) in [7, 11) is -2.94. The lowest BCUT2D eigenvalue weighted by Crippen LogP contribution is -2.56. The maximum absolute atomic E-state index is 13.1. The number of hydrogen-bond donors (Lipinski definition) is 2. The summed E-state index contributed by atoms with van der Waals surface area (Å²) in [6.07, 6.45) is 3.47. The topological polar surface area (TPSA) is 116 Å². The number of nitrogens with zero attached hydrogens (tertiary/aromatic N) is 4. The Bertz CT molecular complexity index is 1140. The van der Waals surface area contributed by atoms with E-state index < -0.39 is 15.9 Å². The number of benzene rings is 1. The molecule has 2 atom stereocenters. The molecule has 34 heavy (non-hydrogen) atoms. The van der Waals surface area contributed by atoms with Crippen molar-refractivity contribution in [1.82, 2.24) is 19.8 Å². The molecule has 182 valence electrons. The third-order valence-corrected chi connectivity index (χ3v) is 8.97. The van der Waals surface area contributed by atoms with E-state index in [2.05, 4.69) is 44.5 Å². The van der Waals surface area contributed by atoms with Gasteiger partial charge in [-0.3, -0.25) is 9.69 Å². The number of aliphatic hydroxyl groups excluding tert-OH is 1. The van der Waals surface area contributed by atoms with Crippen LogP contribution in [0.25, 0.3) is 0 Å². The second-order valence-corrected chi connectivity index (χ2v) is 11.8. The Kier molecular flexibility index (Phi) is 6.54. The number of nitrogens with one attached hydrogen (secondary N) is 1. The van der Waals surface area contributed by atoms with Gasteiger partial charge in [0.1, 0.15) is 27.7 Å². The predicted octanol–water partition coefficient (Wildman–Crippen LogP) is 1.10. The van der Waals surface area contributed by atoms with Gasteiger partial charge in [0.2, 0.25) is 0 Å². The van der Waals surface area contributed by atoms with Crippen LogP contribution in [0.2, 0.25) is 0 Å². The van der Waals surface area contributed by atoms with E-state index in [4.69, 9.17) is 0 Å². The maximum atomic E-state index is 13.1. The van der Waals surface area contributed by atoms with Crippen molar-refractivity contribution in [2.75, 3.05) is 36.5 Å². The number of fused-ring (bicyclic) bond motifs is 1. The first-order valence-corrected chi connectivity index (χ1v) is 13.8. The number of aliphatic hydroxyl groups is 1. The summed E-state index contributed by atoms with van der Waals surface area (Å²) in [5.74, 6) is 0.622. The number of β-amino-alcohol motifs (C(OH)–C–C–N with tert-alkyl or cyclic N) is 1. The van der Waals surface area contributed by atoms with Crippen molar-refractivity contribution in [3.63, 3.8) is 0 Å². The number of likely N-dealkylation sites (tertiary alicyclic amines) is 1. The highest BCUT2D eigenvalue weighted by atomic mass is 32.2. The Morgan fingerprint density at radius 3 is 2.59 bits per heavy atom. The molecule has 5 rings (SSSR count). The Hall–Kier alpha value is -2.56. The van der Waals surface area contributed by atoms with Crippen LogP contribution in [-0.4, -0.2) is 88.5 Å². The second kappa shape index (κ2) is 9.59. The van der Waals surface area contributed by atoms with Gasteiger partial charge in [-0.15, -0.1) is 0 Å². The molecular weight excluding hydrogens is 454 g/mol. The van der Waals surface area contributed by atoms with Crippen LogP contribution < -0.4 is 5.32 Å². The number of rotatable bonds is 4. The van der Waals surface area contributed by atoms with Crippen LogP contribution in [0.5, 0.6) is 0 Å². The van der Waals surface area contributed by atoms with E-state index >= 15 is 0 Å². The molecule has 0 bridgehead atoms. The first-order chi connectivity index (χ1) is 16.4. The van der Waals surface area contributed by atoms with E-state index in [-0.39, 0.29) is 41.7 Å². The molecule has 1 aromatic heterocycles. The Labute approximate surface area is 200 Å². The highest BCUT2D eigenvalue weighted by molar-refractivity contribution is 7.91. The summed E-state index contributed by atoms with van der Waals surface area (Å²) in [6, 6.07) is 10.1. The lowest BCUT2D eigenvalue weighted by molar-refractivity contribution is -0.0139. The fourth-order valence-electron chi connectivity index (χ4n) is 5.29. The molecule has 1 amide bonds. The maximum Gasteiger partial charge on any atom is 0.272 e. The van der Waals surface area contributed by atoms with Crippen LogP contribution in [0, 0.1) is 0 Å². The summed E-state index contributed by atoms with van der Waals surface area (Å²) in [5, 5.41) is 14.2. The van der Waals surface area contributed by atoms with Gasteiger partial charge in [0.15, 0.2) is 0 Å². The van der Waals surface area contributed by atoms with Crippen LogP contribution in [0.1, 0.15) is 40.9 Å². The Balaban J connectivity index is 1.19. The minimum Gasteiger partial charge on any atom is -0.390 e. The van der Waals surface area contributed by atoms with E-state index in [9.17, 15) is 18.3 Å². The van der Waals surface area contributed by atoms with Gasteiger partial charge in [0.05, 0.1) is 17.6 Å². The lowest BCUT2D eigenvalue weighted by Gasteiger charge is -2.43. The third kappa shape index (κ3) is 5.08. The van der Waals surface area contributed by atoms with Gasteiger partial charge in [0, 0.05) is 44.3 Å². The molecule has 3 aliphatic rings. The summed E-state index contributed by atoms with van der Waals surface area (Å²) in [4.78, 5) is 25.5. The molecular formula is C24H31N5O4S. The Morgan fingerprint density at radius 2 is 1.82 bits per heavy atom. The number of carbonyl (C=O) groups is 1. The second-order valence-electron chi connectivity index (χ2n) is 9.52. The van der Waals surface area contributed by atoms with Crippen LogP contribution in [0.4, 0.5) is 5.82 Å². The van der Waals surface area contributed by atoms with Gasteiger partial charge in [-0.1, -0.05) is 24.3 Å². The quantitative estimate of drug-likeness (QED) is 0.662.